The summed E-state index contributed by atoms with van der Waals surface area (Å²) in [6.45, 7) is 10.1. The number of hydrogen-bond donors (Lipinski definition) is 1. The van der Waals surface area contributed by atoms with Gasteiger partial charge in [-0.3, -0.25) is 14.3 Å². The molecule has 0 aromatic carbocycles. The molecule has 0 spiro atoms. The van der Waals surface area contributed by atoms with Crippen LogP contribution in [0, 0.1) is 0 Å². The monoisotopic (exact) mass is 451 g/mol. The van der Waals surface area contributed by atoms with Crippen molar-refractivity contribution in [2.75, 3.05) is 5.32 Å². The molecule has 4 rings (SSSR count). The summed E-state index contributed by atoms with van der Waals surface area (Å²) in [6, 6.07) is 5.45. The highest BCUT2D eigenvalue weighted by Gasteiger charge is 2.40. The van der Waals surface area contributed by atoms with Crippen LogP contribution in [-0.2, 0) is 5.54 Å². The predicted octanol–water partition coefficient (Wildman–Crippen LogP) is 4.89. The van der Waals surface area contributed by atoms with E-state index >= 15 is 0 Å². The normalized spacial score (nSPS) is 15.6. The molecule has 1 fully saturated rings. The second-order valence-corrected chi connectivity index (χ2v) is 9.43. The molecule has 0 aliphatic heterocycles. The first-order valence-electron chi connectivity index (χ1n) is 11.9. The lowest BCUT2D eigenvalue weighted by molar-refractivity contribution is 0.102. The van der Waals surface area contributed by atoms with Gasteiger partial charge < -0.3 is 14.6 Å². The van der Waals surface area contributed by atoms with E-state index in [1.807, 2.05) is 31.6 Å². The Balaban J connectivity index is 1.71. The number of nitrogens with one attached hydrogen (secondary N) is 1. The van der Waals surface area contributed by atoms with Crippen molar-refractivity contribution in [2.45, 2.75) is 84.4 Å². The van der Waals surface area contributed by atoms with E-state index in [9.17, 15) is 9.59 Å². The van der Waals surface area contributed by atoms with Crippen LogP contribution < -0.4 is 15.6 Å². The number of fused-ring (bicyclic) bond motifs is 1. The van der Waals surface area contributed by atoms with Gasteiger partial charge in [-0.2, -0.15) is 10.1 Å². The number of anilines is 1. The van der Waals surface area contributed by atoms with E-state index in [2.05, 4.69) is 29.2 Å². The highest BCUT2D eigenvalue weighted by Crippen LogP contribution is 2.41. The molecule has 1 saturated carbocycles. The van der Waals surface area contributed by atoms with Crippen molar-refractivity contribution in [1.82, 2.24) is 19.3 Å². The lowest BCUT2D eigenvalue weighted by Crippen LogP contribution is -2.31. The van der Waals surface area contributed by atoms with E-state index in [1.165, 1.54) is 0 Å². The summed E-state index contributed by atoms with van der Waals surface area (Å²) in [7, 11) is 0. The van der Waals surface area contributed by atoms with E-state index in [-0.39, 0.29) is 40.4 Å². The fourth-order valence-electron chi connectivity index (χ4n) is 4.10. The molecule has 8 nitrogen and oxygen atoms in total. The van der Waals surface area contributed by atoms with Gasteiger partial charge in [0.2, 0.25) is 5.88 Å². The van der Waals surface area contributed by atoms with Crippen molar-refractivity contribution in [2.24, 2.45) is 0 Å². The second-order valence-electron chi connectivity index (χ2n) is 9.43. The summed E-state index contributed by atoms with van der Waals surface area (Å²) in [5.74, 6) is -0.210. The lowest BCUT2D eigenvalue weighted by Gasteiger charge is -2.16. The molecule has 1 atom stereocenters. The number of amides is 1. The fraction of sp³-hybridized carbons (Fsp3) is 0.520. The third kappa shape index (κ3) is 4.65. The van der Waals surface area contributed by atoms with Crippen LogP contribution in [0.25, 0.3) is 11.0 Å². The van der Waals surface area contributed by atoms with Gasteiger partial charge in [-0.1, -0.05) is 20.3 Å². The maximum absolute atomic E-state index is 13.3. The summed E-state index contributed by atoms with van der Waals surface area (Å²) in [4.78, 5) is 30.8. The van der Waals surface area contributed by atoms with Crippen LogP contribution in [0.5, 0.6) is 5.88 Å². The minimum absolute atomic E-state index is 0.160. The first-order valence-corrected chi connectivity index (χ1v) is 11.9. The summed E-state index contributed by atoms with van der Waals surface area (Å²) in [5.41, 5.74) is 0.708. The number of hydrogen-bond acceptors (Lipinski definition) is 5. The van der Waals surface area contributed by atoms with E-state index in [0.717, 1.165) is 37.5 Å². The molecular formula is C25H33N5O3. The molecule has 1 unspecified atom stereocenters. The predicted molar refractivity (Wildman–Crippen MR) is 129 cm³/mol. The summed E-state index contributed by atoms with van der Waals surface area (Å²) in [6.07, 6.45) is 8.50. The van der Waals surface area contributed by atoms with Crippen LogP contribution >= 0.6 is 0 Å². The average Bonchev–Trinajstić information content (AvgIpc) is 3.38. The van der Waals surface area contributed by atoms with Crippen molar-refractivity contribution in [3.05, 3.63) is 46.5 Å². The SMILES string of the molecule is CCCC(CC)n1cc2cc(C(=O)Nc3cccn(C4(C)CC4)c3=O)c(OC(C)C)nc2n1. The Hall–Kier alpha value is -3.16. The summed E-state index contributed by atoms with van der Waals surface area (Å²) >= 11 is 0. The van der Waals surface area contributed by atoms with Crippen molar-refractivity contribution < 1.29 is 9.53 Å². The minimum Gasteiger partial charge on any atom is -0.474 e. The molecule has 0 radical (unpaired) electrons. The zero-order chi connectivity index (χ0) is 23.8. The van der Waals surface area contributed by atoms with Gasteiger partial charge in [0.1, 0.15) is 11.3 Å². The number of carbonyl (C=O) groups excluding carboxylic acids is 1. The molecule has 3 heterocycles. The van der Waals surface area contributed by atoms with Crippen LogP contribution in [0.15, 0.2) is 35.4 Å². The van der Waals surface area contributed by atoms with Crippen molar-refractivity contribution in [3.8, 4) is 5.88 Å². The maximum atomic E-state index is 13.3. The topological polar surface area (TPSA) is 91.0 Å². The second kappa shape index (κ2) is 9.00. The molecule has 3 aromatic rings. The molecule has 1 amide bonds. The summed E-state index contributed by atoms with van der Waals surface area (Å²) < 4.78 is 9.51. The quantitative estimate of drug-likeness (QED) is 0.500. The van der Waals surface area contributed by atoms with Gasteiger partial charge >= 0.3 is 0 Å². The fourth-order valence-corrected chi connectivity index (χ4v) is 4.10. The number of rotatable bonds is 9. The number of pyridine rings is 2. The lowest BCUT2D eigenvalue weighted by atomic mass is 10.1. The maximum Gasteiger partial charge on any atom is 0.274 e. The van der Waals surface area contributed by atoms with Crippen LogP contribution in [0.3, 0.4) is 0 Å². The smallest absolute Gasteiger partial charge is 0.274 e. The van der Waals surface area contributed by atoms with Gasteiger partial charge in [0, 0.05) is 23.3 Å². The molecule has 8 heteroatoms. The average molecular weight is 452 g/mol. The Morgan fingerprint density at radius 1 is 1.30 bits per heavy atom. The van der Waals surface area contributed by atoms with Gasteiger partial charge in [0.25, 0.3) is 11.5 Å². The van der Waals surface area contributed by atoms with Crippen LogP contribution in [0.4, 0.5) is 5.69 Å². The van der Waals surface area contributed by atoms with Gasteiger partial charge in [-0.15, -0.1) is 0 Å². The molecule has 1 N–H and O–H groups in total. The largest absolute Gasteiger partial charge is 0.474 e. The van der Waals surface area contributed by atoms with Crippen LogP contribution in [-0.4, -0.2) is 31.3 Å². The Morgan fingerprint density at radius 3 is 2.70 bits per heavy atom. The first-order chi connectivity index (χ1) is 15.8. The molecule has 176 valence electrons. The van der Waals surface area contributed by atoms with E-state index < -0.39 is 5.91 Å². The zero-order valence-electron chi connectivity index (χ0n) is 20.1. The first kappa shape index (κ1) is 23.0. The number of nitrogens with zero attached hydrogens (tertiary/aromatic N) is 4. The third-order valence-electron chi connectivity index (χ3n) is 6.29. The van der Waals surface area contributed by atoms with Gasteiger partial charge in [-0.05, 0) is 64.7 Å². The molecule has 1 aliphatic rings. The molecule has 0 bridgehead atoms. The molecule has 33 heavy (non-hydrogen) atoms. The van der Waals surface area contributed by atoms with Gasteiger partial charge in [0.15, 0.2) is 5.65 Å². The number of carbonyl (C=O) groups is 1. The Morgan fingerprint density at radius 2 is 2.06 bits per heavy atom. The van der Waals surface area contributed by atoms with Gasteiger partial charge in [-0.25, -0.2) is 0 Å². The standard InChI is InChI=1S/C25H33N5O3/c1-6-9-18(7-2)30-15-17-14-19(23(33-16(3)4)27-21(17)28-30)22(31)26-20-10-8-13-29(24(20)32)25(5)11-12-25/h8,10,13-16,18H,6-7,9,11-12H2,1-5H3,(H,26,31). The molecule has 0 saturated heterocycles. The van der Waals surface area contributed by atoms with Crippen molar-refractivity contribution in [3.63, 3.8) is 0 Å². The third-order valence-corrected chi connectivity index (χ3v) is 6.29. The summed E-state index contributed by atoms with van der Waals surface area (Å²) in [5, 5.41) is 8.21. The van der Waals surface area contributed by atoms with E-state index in [1.54, 1.807) is 29.0 Å². The number of aromatic nitrogens is 4. The number of ether oxygens (including phenoxy) is 1. The highest BCUT2D eigenvalue weighted by atomic mass is 16.5. The van der Waals surface area contributed by atoms with Crippen molar-refractivity contribution >= 4 is 22.6 Å². The Labute approximate surface area is 194 Å². The molecule has 3 aromatic heterocycles. The highest BCUT2D eigenvalue weighted by molar-refractivity contribution is 6.07. The van der Waals surface area contributed by atoms with Crippen LogP contribution in [0.1, 0.15) is 83.1 Å². The van der Waals surface area contributed by atoms with E-state index in [4.69, 9.17) is 4.74 Å². The Kier molecular flexibility index (Phi) is 6.28. The van der Waals surface area contributed by atoms with Gasteiger partial charge in [0.05, 0.1) is 12.1 Å². The minimum atomic E-state index is -0.427. The molecule has 1 aliphatic carbocycles. The molecular weight excluding hydrogens is 418 g/mol. The van der Waals surface area contributed by atoms with Crippen molar-refractivity contribution in [1.29, 1.82) is 0 Å². The van der Waals surface area contributed by atoms with Crippen LogP contribution in [0.2, 0.25) is 0 Å². The zero-order valence-corrected chi connectivity index (χ0v) is 20.1. The van der Waals surface area contributed by atoms with E-state index in [0.29, 0.717) is 5.65 Å². The Bertz CT molecular complexity index is 1220.